The van der Waals surface area contributed by atoms with E-state index in [1.54, 1.807) is 6.20 Å². The number of ether oxygens (including phenoxy) is 1. The van der Waals surface area contributed by atoms with Crippen molar-refractivity contribution in [2.24, 2.45) is 5.92 Å². The van der Waals surface area contributed by atoms with Gasteiger partial charge in [0, 0.05) is 32.9 Å². The first-order valence-electron chi connectivity index (χ1n) is 5.53. The van der Waals surface area contributed by atoms with Crippen LogP contribution in [0.4, 0.5) is 5.69 Å². The molecule has 0 radical (unpaired) electrons. The highest BCUT2D eigenvalue weighted by Gasteiger charge is 2.16. The van der Waals surface area contributed by atoms with Gasteiger partial charge in [-0.1, -0.05) is 11.6 Å². The number of aromatic nitrogens is 2. The molecule has 0 bridgehead atoms. The van der Waals surface area contributed by atoms with Gasteiger partial charge in [-0.05, 0) is 18.8 Å². The van der Waals surface area contributed by atoms with Crippen LogP contribution in [0, 0.1) is 5.92 Å². The number of hydrogen-bond acceptors (Lipinski definition) is 4. The minimum Gasteiger partial charge on any atom is -0.381 e. The number of nitrogens with zero attached hydrogens (tertiary/aromatic N) is 3. The van der Waals surface area contributed by atoms with E-state index in [9.17, 15) is 0 Å². The molecule has 1 aliphatic rings. The zero-order valence-corrected chi connectivity index (χ0v) is 10.2. The number of halogens is 1. The molecule has 0 aromatic carbocycles. The fourth-order valence-corrected chi connectivity index (χ4v) is 2.12. The van der Waals surface area contributed by atoms with E-state index in [2.05, 4.69) is 22.1 Å². The standard InChI is InChI=1S/C11H16ClN3O/c1-15(8-9-2-4-16-5-3-9)10-6-11(12)14-13-7-10/h6-7,9H,2-5,8H2,1H3. The summed E-state index contributed by atoms with van der Waals surface area (Å²) in [7, 11) is 2.06. The third-order valence-corrected chi connectivity index (χ3v) is 3.11. The Morgan fingerprint density at radius 1 is 1.50 bits per heavy atom. The quantitative estimate of drug-likeness (QED) is 0.811. The molecule has 0 unspecified atom stereocenters. The largest absolute Gasteiger partial charge is 0.381 e. The molecule has 0 amide bonds. The summed E-state index contributed by atoms with van der Waals surface area (Å²) in [6.45, 7) is 2.78. The Kier molecular flexibility index (Phi) is 3.96. The first-order chi connectivity index (χ1) is 7.75. The Labute approximate surface area is 101 Å². The van der Waals surface area contributed by atoms with Crippen molar-refractivity contribution < 1.29 is 4.74 Å². The van der Waals surface area contributed by atoms with Crippen LogP contribution in [-0.4, -0.2) is 37.0 Å². The molecule has 1 aliphatic heterocycles. The summed E-state index contributed by atoms with van der Waals surface area (Å²) in [4.78, 5) is 2.18. The van der Waals surface area contributed by atoms with Crippen LogP contribution in [0.2, 0.25) is 5.15 Å². The number of hydrogen-bond donors (Lipinski definition) is 0. The molecule has 4 nitrogen and oxygen atoms in total. The van der Waals surface area contributed by atoms with Gasteiger partial charge in [0.1, 0.15) is 0 Å². The molecule has 0 N–H and O–H groups in total. The van der Waals surface area contributed by atoms with Crippen molar-refractivity contribution >= 4 is 17.3 Å². The fraction of sp³-hybridized carbons (Fsp3) is 0.636. The molecule has 88 valence electrons. The van der Waals surface area contributed by atoms with Crippen molar-refractivity contribution in [1.82, 2.24) is 10.2 Å². The van der Waals surface area contributed by atoms with E-state index in [4.69, 9.17) is 16.3 Å². The zero-order chi connectivity index (χ0) is 11.4. The van der Waals surface area contributed by atoms with Gasteiger partial charge in [-0.3, -0.25) is 0 Å². The summed E-state index contributed by atoms with van der Waals surface area (Å²) >= 11 is 5.81. The third kappa shape index (κ3) is 3.06. The van der Waals surface area contributed by atoms with E-state index in [0.29, 0.717) is 11.1 Å². The molecular formula is C11H16ClN3O. The second-order valence-corrected chi connectivity index (χ2v) is 4.56. The Morgan fingerprint density at radius 3 is 2.94 bits per heavy atom. The second-order valence-electron chi connectivity index (χ2n) is 4.17. The Bertz CT molecular complexity index is 342. The van der Waals surface area contributed by atoms with Gasteiger partial charge in [-0.15, -0.1) is 5.10 Å². The van der Waals surface area contributed by atoms with Crippen molar-refractivity contribution in [2.45, 2.75) is 12.8 Å². The fourth-order valence-electron chi connectivity index (χ4n) is 1.96. The normalized spacial score (nSPS) is 17.4. The summed E-state index contributed by atoms with van der Waals surface area (Å²) in [5, 5.41) is 8.03. The van der Waals surface area contributed by atoms with E-state index in [1.165, 1.54) is 0 Å². The molecule has 1 saturated heterocycles. The first kappa shape index (κ1) is 11.6. The van der Waals surface area contributed by atoms with Gasteiger partial charge in [0.25, 0.3) is 0 Å². The molecule has 1 aromatic heterocycles. The lowest BCUT2D eigenvalue weighted by molar-refractivity contribution is 0.0685. The monoisotopic (exact) mass is 241 g/mol. The SMILES string of the molecule is CN(CC1CCOCC1)c1cnnc(Cl)c1. The van der Waals surface area contributed by atoms with Gasteiger partial charge >= 0.3 is 0 Å². The molecule has 16 heavy (non-hydrogen) atoms. The maximum Gasteiger partial charge on any atom is 0.153 e. The van der Waals surface area contributed by atoms with Crippen molar-refractivity contribution in [3.8, 4) is 0 Å². The maximum absolute atomic E-state index is 5.81. The van der Waals surface area contributed by atoms with Gasteiger partial charge < -0.3 is 9.64 Å². The lowest BCUT2D eigenvalue weighted by Gasteiger charge is -2.28. The molecule has 5 heteroatoms. The molecule has 1 fully saturated rings. The molecule has 0 saturated carbocycles. The summed E-state index contributed by atoms with van der Waals surface area (Å²) in [5.74, 6) is 0.700. The van der Waals surface area contributed by atoms with E-state index in [1.807, 2.05) is 6.07 Å². The predicted molar refractivity (Wildman–Crippen MR) is 63.9 cm³/mol. The van der Waals surface area contributed by atoms with Crippen LogP contribution in [0.5, 0.6) is 0 Å². The maximum atomic E-state index is 5.81. The van der Waals surface area contributed by atoms with E-state index >= 15 is 0 Å². The lowest BCUT2D eigenvalue weighted by Crippen LogP contribution is -2.29. The van der Waals surface area contributed by atoms with Crippen molar-refractivity contribution in [1.29, 1.82) is 0 Å². The highest BCUT2D eigenvalue weighted by atomic mass is 35.5. The Hall–Kier alpha value is -0.870. The molecule has 0 atom stereocenters. The minimum absolute atomic E-state index is 0.441. The van der Waals surface area contributed by atoms with E-state index in [0.717, 1.165) is 38.3 Å². The predicted octanol–water partition coefficient (Wildman–Crippen LogP) is 1.99. The van der Waals surface area contributed by atoms with Crippen molar-refractivity contribution in [3.63, 3.8) is 0 Å². The number of anilines is 1. The first-order valence-corrected chi connectivity index (χ1v) is 5.90. The molecule has 2 rings (SSSR count). The van der Waals surface area contributed by atoms with Gasteiger partial charge in [0.15, 0.2) is 5.15 Å². The highest BCUT2D eigenvalue weighted by molar-refractivity contribution is 6.29. The second kappa shape index (κ2) is 5.46. The third-order valence-electron chi connectivity index (χ3n) is 2.92. The zero-order valence-electron chi connectivity index (χ0n) is 9.40. The van der Waals surface area contributed by atoms with Crippen LogP contribution in [0.25, 0.3) is 0 Å². The Balaban J connectivity index is 1.94. The smallest absolute Gasteiger partial charge is 0.153 e. The molecular weight excluding hydrogens is 226 g/mol. The molecule has 0 spiro atoms. The van der Waals surface area contributed by atoms with E-state index < -0.39 is 0 Å². The van der Waals surface area contributed by atoms with Gasteiger partial charge in [-0.25, -0.2) is 0 Å². The van der Waals surface area contributed by atoms with Gasteiger partial charge in [0.2, 0.25) is 0 Å². The van der Waals surface area contributed by atoms with Crippen molar-refractivity contribution in [3.05, 3.63) is 17.4 Å². The molecule has 1 aromatic rings. The van der Waals surface area contributed by atoms with Crippen LogP contribution < -0.4 is 4.90 Å². The average molecular weight is 242 g/mol. The molecule has 2 heterocycles. The number of rotatable bonds is 3. The van der Waals surface area contributed by atoms with Crippen LogP contribution >= 0.6 is 11.6 Å². The minimum atomic E-state index is 0.441. The summed E-state index contributed by atoms with van der Waals surface area (Å²) in [6, 6.07) is 1.84. The average Bonchev–Trinajstić information content (AvgIpc) is 2.30. The topological polar surface area (TPSA) is 38.2 Å². The Morgan fingerprint density at radius 2 is 2.25 bits per heavy atom. The van der Waals surface area contributed by atoms with E-state index in [-0.39, 0.29) is 0 Å². The summed E-state index contributed by atoms with van der Waals surface area (Å²) in [5.41, 5.74) is 1.02. The highest BCUT2D eigenvalue weighted by Crippen LogP contribution is 2.20. The van der Waals surface area contributed by atoms with Crippen LogP contribution in [0.15, 0.2) is 12.3 Å². The van der Waals surface area contributed by atoms with Gasteiger partial charge in [-0.2, -0.15) is 5.10 Å². The lowest BCUT2D eigenvalue weighted by atomic mass is 10.00. The van der Waals surface area contributed by atoms with Crippen LogP contribution in [-0.2, 0) is 4.74 Å². The summed E-state index contributed by atoms with van der Waals surface area (Å²) in [6.07, 6.45) is 4.01. The van der Waals surface area contributed by atoms with Crippen LogP contribution in [0.1, 0.15) is 12.8 Å². The van der Waals surface area contributed by atoms with Crippen molar-refractivity contribution in [2.75, 3.05) is 31.7 Å². The summed E-state index contributed by atoms with van der Waals surface area (Å²) < 4.78 is 5.34. The molecule has 0 aliphatic carbocycles. The van der Waals surface area contributed by atoms with Crippen LogP contribution in [0.3, 0.4) is 0 Å². The van der Waals surface area contributed by atoms with Gasteiger partial charge in [0.05, 0.1) is 11.9 Å².